The predicted molar refractivity (Wildman–Crippen MR) is 75.9 cm³/mol. The average molecular weight is 264 g/mol. The van der Waals surface area contributed by atoms with Crippen molar-refractivity contribution in [1.29, 1.82) is 0 Å². The second-order valence-corrected chi connectivity index (χ2v) is 7.78. The van der Waals surface area contributed by atoms with Crippen molar-refractivity contribution in [2.75, 3.05) is 39.8 Å². The molecule has 1 aliphatic heterocycles. The molecule has 4 aliphatic rings. The summed E-state index contributed by atoms with van der Waals surface area (Å²) in [5.74, 6) is 3.04. The van der Waals surface area contributed by atoms with Gasteiger partial charge in [0.1, 0.15) is 0 Å². The van der Waals surface area contributed by atoms with Gasteiger partial charge < -0.3 is 10.0 Å². The van der Waals surface area contributed by atoms with Crippen LogP contribution in [0.3, 0.4) is 0 Å². The number of fused-ring (bicyclic) bond motifs is 2. The van der Waals surface area contributed by atoms with Crippen molar-refractivity contribution in [1.82, 2.24) is 9.80 Å². The maximum absolute atomic E-state index is 11.4. The van der Waals surface area contributed by atoms with Crippen molar-refractivity contribution < 1.29 is 5.11 Å². The lowest BCUT2D eigenvalue weighted by Crippen LogP contribution is -2.60. The topological polar surface area (TPSA) is 26.7 Å². The second-order valence-electron chi connectivity index (χ2n) is 7.78. The summed E-state index contributed by atoms with van der Waals surface area (Å²) in [4.78, 5) is 4.94. The van der Waals surface area contributed by atoms with Crippen LogP contribution in [0.1, 0.15) is 32.1 Å². The van der Waals surface area contributed by atoms with Gasteiger partial charge in [-0.25, -0.2) is 0 Å². The van der Waals surface area contributed by atoms with Gasteiger partial charge in [0, 0.05) is 32.7 Å². The third-order valence-electron chi connectivity index (χ3n) is 6.72. The fourth-order valence-corrected chi connectivity index (χ4v) is 5.67. The van der Waals surface area contributed by atoms with Crippen molar-refractivity contribution >= 4 is 0 Å². The monoisotopic (exact) mass is 264 g/mol. The molecule has 3 nitrogen and oxygen atoms in total. The summed E-state index contributed by atoms with van der Waals surface area (Å²) >= 11 is 0. The number of likely N-dealkylation sites (N-methyl/N-ethyl adjacent to an activating group) is 1. The smallest absolute Gasteiger partial charge is 0.0832 e. The molecule has 19 heavy (non-hydrogen) atoms. The zero-order valence-electron chi connectivity index (χ0n) is 12.2. The van der Waals surface area contributed by atoms with E-state index >= 15 is 0 Å². The van der Waals surface area contributed by atoms with Gasteiger partial charge in [0.15, 0.2) is 0 Å². The lowest BCUT2D eigenvalue weighted by molar-refractivity contribution is -0.141. The highest BCUT2D eigenvalue weighted by Gasteiger charge is 2.58. The zero-order valence-corrected chi connectivity index (χ0v) is 12.2. The molecule has 5 atom stereocenters. The van der Waals surface area contributed by atoms with Crippen LogP contribution in [-0.4, -0.2) is 60.3 Å². The van der Waals surface area contributed by atoms with Gasteiger partial charge in [-0.15, -0.1) is 0 Å². The summed E-state index contributed by atoms with van der Waals surface area (Å²) in [5.41, 5.74) is -0.341. The third-order valence-corrected chi connectivity index (χ3v) is 6.72. The second kappa shape index (κ2) is 4.44. The molecule has 0 amide bonds. The normalized spacial score (nSPS) is 50.8. The number of hydrogen-bond donors (Lipinski definition) is 1. The molecule has 4 rings (SSSR count). The summed E-state index contributed by atoms with van der Waals surface area (Å²) in [7, 11) is 2.20. The number of hydrogen-bond acceptors (Lipinski definition) is 3. The SMILES string of the molecule is CN1CCN(C[C@@]2(O)[C@H]3CC[C@H]4C[C@@H](C3)C[C@H]42)CC1. The van der Waals surface area contributed by atoms with Crippen molar-refractivity contribution in [2.45, 2.75) is 37.7 Å². The lowest BCUT2D eigenvalue weighted by atomic mass is 9.61. The fraction of sp³-hybridized carbons (Fsp3) is 1.00. The molecule has 4 fully saturated rings. The molecule has 3 bridgehead atoms. The van der Waals surface area contributed by atoms with E-state index in [-0.39, 0.29) is 5.60 Å². The van der Waals surface area contributed by atoms with E-state index in [2.05, 4.69) is 16.8 Å². The van der Waals surface area contributed by atoms with E-state index in [0.29, 0.717) is 11.8 Å². The van der Waals surface area contributed by atoms with Crippen molar-refractivity contribution in [3.63, 3.8) is 0 Å². The van der Waals surface area contributed by atoms with Gasteiger partial charge in [-0.05, 0) is 62.8 Å². The molecular formula is C16H28N2O. The van der Waals surface area contributed by atoms with Crippen molar-refractivity contribution in [2.24, 2.45) is 23.7 Å². The summed E-state index contributed by atoms with van der Waals surface area (Å²) in [6.07, 6.45) is 6.76. The number of rotatable bonds is 2. The zero-order chi connectivity index (χ0) is 13.0. The van der Waals surface area contributed by atoms with E-state index in [4.69, 9.17) is 0 Å². The standard InChI is InChI=1S/C16H28N2O/c1-17-4-6-18(7-5-17)11-16(19)14-3-2-13-8-12(9-14)10-15(13)16/h12-15,19H,2-11H2,1H3/t12-,13-,14-,15+,16+/m0/s1. The highest BCUT2D eigenvalue weighted by Crippen LogP contribution is 2.59. The van der Waals surface area contributed by atoms with Crippen molar-refractivity contribution in [3.8, 4) is 0 Å². The lowest BCUT2D eigenvalue weighted by Gasteiger charge is -2.52. The number of nitrogens with zero attached hydrogens (tertiary/aromatic N) is 2. The Morgan fingerprint density at radius 1 is 1.05 bits per heavy atom. The van der Waals surface area contributed by atoms with Gasteiger partial charge in [0.05, 0.1) is 5.60 Å². The number of piperazine rings is 1. The largest absolute Gasteiger partial charge is 0.388 e. The Bertz CT molecular complexity index is 353. The summed E-state index contributed by atoms with van der Waals surface area (Å²) < 4.78 is 0. The Hall–Kier alpha value is -0.120. The maximum atomic E-state index is 11.4. The van der Waals surface area contributed by atoms with E-state index < -0.39 is 0 Å². The fourth-order valence-electron chi connectivity index (χ4n) is 5.67. The molecule has 3 heteroatoms. The van der Waals surface area contributed by atoms with Gasteiger partial charge in [-0.3, -0.25) is 4.90 Å². The first-order valence-electron chi connectivity index (χ1n) is 8.28. The van der Waals surface area contributed by atoms with Gasteiger partial charge in [-0.2, -0.15) is 0 Å². The van der Waals surface area contributed by atoms with Crippen LogP contribution in [0.25, 0.3) is 0 Å². The number of β-amino-alcohol motifs (C(OH)–C–C–N with tert-alkyl or cyclic N) is 1. The third kappa shape index (κ3) is 1.97. The summed E-state index contributed by atoms with van der Waals surface area (Å²) in [5, 5.41) is 11.4. The highest BCUT2D eigenvalue weighted by atomic mass is 16.3. The van der Waals surface area contributed by atoms with Crippen molar-refractivity contribution in [3.05, 3.63) is 0 Å². The Morgan fingerprint density at radius 2 is 1.84 bits per heavy atom. The molecule has 3 saturated carbocycles. The molecule has 3 aliphatic carbocycles. The van der Waals surface area contributed by atoms with Crippen LogP contribution < -0.4 is 0 Å². The van der Waals surface area contributed by atoms with E-state index in [1.807, 2.05) is 0 Å². The Balaban J connectivity index is 1.50. The first-order valence-corrected chi connectivity index (χ1v) is 8.28. The molecule has 1 heterocycles. The van der Waals surface area contributed by atoms with E-state index in [1.54, 1.807) is 0 Å². The van der Waals surface area contributed by atoms with E-state index in [1.165, 1.54) is 32.1 Å². The molecule has 0 unspecified atom stereocenters. The van der Waals surface area contributed by atoms with Gasteiger partial charge in [-0.1, -0.05) is 0 Å². The van der Waals surface area contributed by atoms with Crippen LogP contribution in [0.4, 0.5) is 0 Å². The van der Waals surface area contributed by atoms with E-state index in [9.17, 15) is 5.11 Å². The predicted octanol–water partition coefficient (Wildman–Crippen LogP) is 1.42. The highest BCUT2D eigenvalue weighted by molar-refractivity contribution is 5.09. The van der Waals surface area contributed by atoms with Gasteiger partial charge in [0.2, 0.25) is 0 Å². The van der Waals surface area contributed by atoms with Crippen LogP contribution in [0, 0.1) is 23.7 Å². The van der Waals surface area contributed by atoms with Crippen LogP contribution >= 0.6 is 0 Å². The first-order chi connectivity index (χ1) is 9.15. The van der Waals surface area contributed by atoms with E-state index in [0.717, 1.165) is 44.6 Å². The van der Waals surface area contributed by atoms with Crippen LogP contribution in [0.15, 0.2) is 0 Å². The molecule has 0 spiro atoms. The van der Waals surface area contributed by atoms with Gasteiger partial charge in [0.25, 0.3) is 0 Å². The Labute approximate surface area is 117 Å². The quantitative estimate of drug-likeness (QED) is 0.817. The summed E-state index contributed by atoms with van der Waals surface area (Å²) in [6.45, 7) is 5.58. The number of aliphatic hydroxyl groups is 1. The Kier molecular flexibility index (Phi) is 2.95. The Morgan fingerprint density at radius 3 is 2.63 bits per heavy atom. The minimum Gasteiger partial charge on any atom is -0.388 e. The molecule has 108 valence electrons. The van der Waals surface area contributed by atoms with Crippen LogP contribution in [0.5, 0.6) is 0 Å². The minimum absolute atomic E-state index is 0.341. The molecule has 0 radical (unpaired) electrons. The first kappa shape index (κ1) is 12.6. The molecular weight excluding hydrogens is 236 g/mol. The molecule has 0 aromatic heterocycles. The molecule has 1 N–H and O–H groups in total. The summed E-state index contributed by atoms with van der Waals surface area (Å²) in [6, 6.07) is 0. The maximum Gasteiger partial charge on any atom is 0.0832 e. The molecule has 0 aromatic rings. The van der Waals surface area contributed by atoms with Crippen LogP contribution in [-0.2, 0) is 0 Å². The minimum atomic E-state index is -0.341. The average Bonchev–Trinajstić information content (AvgIpc) is 2.62. The molecule has 0 aromatic carbocycles. The van der Waals surface area contributed by atoms with Crippen LogP contribution in [0.2, 0.25) is 0 Å². The van der Waals surface area contributed by atoms with Gasteiger partial charge >= 0.3 is 0 Å². The molecule has 1 saturated heterocycles.